The van der Waals surface area contributed by atoms with Gasteiger partial charge in [0.2, 0.25) is 0 Å². The number of pyridine rings is 1. The molecule has 0 radical (unpaired) electrons. The largest absolute Gasteiger partial charge is 0.507 e. The summed E-state index contributed by atoms with van der Waals surface area (Å²) >= 11 is 0. The van der Waals surface area contributed by atoms with Gasteiger partial charge in [0, 0.05) is 11.4 Å². The first-order chi connectivity index (χ1) is 5.29. The molecule has 0 spiro atoms. The second-order valence-electron chi connectivity index (χ2n) is 2.21. The van der Waals surface area contributed by atoms with Crippen LogP contribution in [0.2, 0.25) is 0 Å². The Morgan fingerprint density at radius 1 is 1.36 bits per heavy atom. The van der Waals surface area contributed by atoms with E-state index in [1.165, 1.54) is 0 Å². The Labute approximate surface area is 65.5 Å². The van der Waals surface area contributed by atoms with Crippen LogP contribution >= 0.6 is 0 Å². The minimum Gasteiger partial charge on any atom is -0.507 e. The van der Waals surface area contributed by atoms with E-state index in [2.05, 4.69) is 4.98 Å². The van der Waals surface area contributed by atoms with Crippen LogP contribution in [-0.4, -0.2) is 10.1 Å². The SMILES string of the molecule is C/C=c1/nccc(O)/c1=C/C. The summed E-state index contributed by atoms with van der Waals surface area (Å²) in [5.41, 5.74) is 0. The van der Waals surface area contributed by atoms with Crippen molar-refractivity contribution in [3.63, 3.8) is 0 Å². The topological polar surface area (TPSA) is 33.1 Å². The summed E-state index contributed by atoms with van der Waals surface area (Å²) < 4.78 is 0. The summed E-state index contributed by atoms with van der Waals surface area (Å²) in [6.45, 7) is 3.78. The van der Waals surface area contributed by atoms with Crippen molar-refractivity contribution in [2.45, 2.75) is 13.8 Å². The highest BCUT2D eigenvalue weighted by Crippen LogP contribution is 1.91. The van der Waals surface area contributed by atoms with Gasteiger partial charge in [-0.2, -0.15) is 0 Å². The van der Waals surface area contributed by atoms with E-state index in [-0.39, 0.29) is 5.75 Å². The molecule has 1 aromatic heterocycles. The van der Waals surface area contributed by atoms with Gasteiger partial charge in [0.25, 0.3) is 0 Å². The Kier molecular flexibility index (Phi) is 2.26. The fourth-order valence-electron chi connectivity index (χ4n) is 1.00. The van der Waals surface area contributed by atoms with Gasteiger partial charge in [-0.05, 0) is 19.9 Å². The van der Waals surface area contributed by atoms with Crippen molar-refractivity contribution in [2.75, 3.05) is 0 Å². The average molecular weight is 149 g/mol. The molecule has 0 amide bonds. The van der Waals surface area contributed by atoms with Crippen molar-refractivity contribution < 1.29 is 5.11 Å². The Bertz CT molecular complexity index is 354. The second kappa shape index (κ2) is 3.19. The van der Waals surface area contributed by atoms with E-state index in [1.807, 2.05) is 26.0 Å². The van der Waals surface area contributed by atoms with Gasteiger partial charge in [0.15, 0.2) is 0 Å². The van der Waals surface area contributed by atoms with Crippen LogP contribution < -0.4 is 10.6 Å². The van der Waals surface area contributed by atoms with E-state index in [9.17, 15) is 5.11 Å². The van der Waals surface area contributed by atoms with Crippen molar-refractivity contribution in [3.05, 3.63) is 22.8 Å². The molecule has 1 heterocycles. The monoisotopic (exact) mass is 149 g/mol. The van der Waals surface area contributed by atoms with E-state index in [0.717, 1.165) is 10.6 Å². The lowest BCUT2D eigenvalue weighted by Crippen LogP contribution is -2.27. The molecule has 0 unspecified atom stereocenters. The molecule has 1 aromatic rings. The molecule has 0 bridgehead atoms. The van der Waals surface area contributed by atoms with Crippen LogP contribution in [0.1, 0.15) is 13.8 Å². The first kappa shape index (κ1) is 7.79. The maximum absolute atomic E-state index is 9.33. The summed E-state index contributed by atoms with van der Waals surface area (Å²) in [4.78, 5) is 4.08. The fourth-order valence-corrected chi connectivity index (χ4v) is 1.00. The molecule has 0 saturated heterocycles. The summed E-state index contributed by atoms with van der Waals surface area (Å²) in [6, 6.07) is 1.59. The zero-order valence-corrected chi connectivity index (χ0v) is 6.70. The molecule has 2 nitrogen and oxygen atoms in total. The number of rotatable bonds is 0. The summed E-state index contributed by atoms with van der Waals surface area (Å²) in [5.74, 6) is 0.288. The number of hydrogen-bond donors (Lipinski definition) is 1. The number of aromatic nitrogens is 1. The van der Waals surface area contributed by atoms with Gasteiger partial charge in [-0.15, -0.1) is 0 Å². The standard InChI is InChI=1S/C9H11NO/c1-3-7-8(4-2)10-6-5-9(7)11/h3-6,11H,1-2H3/b7-3+,8-4+. The van der Waals surface area contributed by atoms with E-state index in [4.69, 9.17) is 0 Å². The number of hydrogen-bond acceptors (Lipinski definition) is 2. The molecule has 0 fully saturated rings. The molecular weight excluding hydrogens is 138 g/mol. The Morgan fingerprint density at radius 3 is 2.55 bits per heavy atom. The molecule has 0 aliphatic carbocycles. The fraction of sp³-hybridized carbons (Fsp3) is 0.222. The summed E-state index contributed by atoms with van der Waals surface area (Å²) in [6.07, 6.45) is 5.31. The lowest BCUT2D eigenvalue weighted by molar-refractivity contribution is 0.469. The van der Waals surface area contributed by atoms with Crippen molar-refractivity contribution >= 4 is 12.2 Å². The quantitative estimate of drug-likeness (QED) is 0.578. The normalized spacial score (nSPS) is 14.0. The second-order valence-corrected chi connectivity index (χ2v) is 2.21. The van der Waals surface area contributed by atoms with E-state index in [1.54, 1.807) is 12.3 Å². The van der Waals surface area contributed by atoms with Crippen LogP contribution in [0.15, 0.2) is 12.3 Å². The van der Waals surface area contributed by atoms with Crippen LogP contribution in [0.3, 0.4) is 0 Å². The molecular formula is C9H11NO. The first-order valence-corrected chi connectivity index (χ1v) is 3.56. The van der Waals surface area contributed by atoms with Crippen LogP contribution in [0.4, 0.5) is 0 Å². The summed E-state index contributed by atoms with van der Waals surface area (Å²) in [7, 11) is 0. The number of aromatic hydroxyl groups is 1. The van der Waals surface area contributed by atoms with E-state index < -0.39 is 0 Å². The third-order valence-corrected chi connectivity index (χ3v) is 1.56. The minimum atomic E-state index is 0.288. The lowest BCUT2D eigenvalue weighted by atomic mass is 10.3. The molecule has 0 atom stereocenters. The molecule has 1 N–H and O–H groups in total. The smallest absolute Gasteiger partial charge is 0.126 e. The maximum atomic E-state index is 9.33. The van der Waals surface area contributed by atoms with Crippen molar-refractivity contribution in [2.24, 2.45) is 0 Å². The molecule has 0 aliphatic heterocycles. The molecule has 0 aliphatic rings. The zero-order chi connectivity index (χ0) is 8.27. The van der Waals surface area contributed by atoms with Gasteiger partial charge < -0.3 is 5.11 Å². The van der Waals surface area contributed by atoms with Crippen molar-refractivity contribution in [3.8, 4) is 5.75 Å². The molecule has 0 aromatic carbocycles. The van der Waals surface area contributed by atoms with Crippen molar-refractivity contribution in [1.29, 1.82) is 0 Å². The molecule has 58 valence electrons. The molecule has 1 rings (SSSR count). The van der Waals surface area contributed by atoms with Gasteiger partial charge in [0.1, 0.15) is 5.75 Å². The molecule has 11 heavy (non-hydrogen) atoms. The minimum absolute atomic E-state index is 0.288. The Hall–Kier alpha value is -1.31. The van der Waals surface area contributed by atoms with Gasteiger partial charge >= 0.3 is 0 Å². The van der Waals surface area contributed by atoms with Gasteiger partial charge in [-0.1, -0.05) is 12.2 Å². The molecule has 2 heteroatoms. The average Bonchev–Trinajstić information content (AvgIpc) is 2.04. The lowest BCUT2D eigenvalue weighted by Gasteiger charge is -1.91. The third-order valence-electron chi connectivity index (χ3n) is 1.56. The van der Waals surface area contributed by atoms with Gasteiger partial charge in [-0.3, -0.25) is 4.98 Å². The van der Waals surface area contributed by atoms with Crippen LogP contribution in [0, 0.1) is 0 Å². The highest BCUT2D eigenvalue weighted by atomic mass is 16.3. The predicted octanol–water partition coefficient (Wildman–Crippen LogP) is 0.388. The van der Waals surface area contributed by atoms with Gasteiger partial charge in [0.05, 0.1) is 5.35 Å². The first-order valence-electron chi connectivity index (χ1n) is 3.56. The maximum Gasteiger partial charge on any atom is 0.126 e. The predicted molar refractivity (Wildman–Crippen MR) is 45.4 cm³/mol. The van der Waals surface area contributed by atoms with Crippen LogP contribution in [0.25, 0.3) is 12.2 Å². The molecule has 0 saturated carbocycles. The summed E-state index contributed by atoms with van der Waals surface area (Å²) in [5, 5.41) is 11.0. The zero-order valence-electron chi connectivity index (χ0n) is 6.70. The van der Waals surface area contributed by atoms with E-state index in [0.29, 0.717) is 0 Å². The van der Waals surface area contributed by atoms with Gasteiger partial charge in [-0.25, -0.2) is 0 Å². The van der Waals surface area contributed by atoms with Crippen LogP contribution in [0.5, 0.6) is 5.75 Å². The van der Waals surface area contributed by atoms with E-state index >= 15 is 0 Å². The Morgan fingerprint density at radius 2 is 2.09 bits per heavy atom. The van der Waals surface area contributed by atoms with Crippen molar-refractivity contribution in [1.82, 2.24) is 4.98 Å². The highest BCUT2D eigenvalue weighted by molar-refractivity contribution is 5.33. The number of nitrogens with zero attached hydrogens (tertiary/aromatic N) is 1. The van der Waals surface area contributed by atoms with Crippen LogP contribution in [-0.2, 0) is 0 Å². The third kappa shape index (κ3) is 1.40. The Balaban J connectivity index is 3.65. The highest BCUT2D eigenvalue weighted by Gasteiger charge is 1.90.